The smallest absolute Gasteiger partial charge is 0.154 e. The lowest BCUT2D eigenvalue weighted by atomic mass is 9.88. The van der Waals surface area contributed by atoms with Crippen LogP contribution >= 0.6 is 12.9 Å². The summed E-state index contributed by atoms with van der Waals surface area (Å²) < 4.78 is 8.17. The Bertz CT molecular complexity index is 2390. The van der Waals surface area contributed by atoms with Gasteiger partial charge < -0.3 is 8.75 Å². The van der Waals surface area contributed by atoms with Gasteiger partial charge in [-0.3, -0.25) is 0 Å². The maximum atomic E-state index is 5.84. The zero-order valence-electron chi connectivity index (χ0n) is 27.4. The summed E-state index contributed by atoms with van der Waals surface area (Å²) in [5.41, 5.74) is 9.08. The number of nitrogens with zero attached hydrogens (tertiary/aromatic N) is 1. The molecule has 48 heavy (non-hydrogen) atoms. The van der Waals surface area contributed by atoms with Crippen LogP contribution in [0, 0.1) is 0 Å². The van der Waals surface area contributed by atoms with E-state index in [2.05, 4.69) is 163 Å². The number of allylic oxidation sites excluding steroid dienone is 3. The highest BCUT2D eigenvalue weighted by Crippen LogP contribution is 2.44. The summed E-state index contributed by atoms with van der Waals surface area (Å²) in [5, 5.41) is 7.16. The Kier molecular flexibility index (Phi) is 8.87. The van der Waals surface area contributed by atoms with Gasteiger partial charge in [0.1, 0.15) is 0 Å². The van der Waals surface area contributed by atoms with Gasteiger partial charge >= 0.3 is 0 Å². The van der Waals surface area contributed by atoms with E-state index >= 15 is 0 Å². The van der Waals surface area contributed by atoms with E-state index < -0.39 is 0 Å². The Labute approximate surface area is 287 Å². The van der Waals surface area contributed by atoms with Gasteiger partial charge in [0.2, 0.25) is 0 Å². The van der Waals surface area contributed by atoms with Crippen molar-refractivity contribution in [1.29, 1.82) is 0 Å². The maximum absolute atomic E-state index is 5.84. The summed E-state index contributed by atoms with van der Waals surface area (Å²) in [5.74, 6) is 0.764. The first-order chi connectivity index (χ1) is 23.8. The van der Waals surface area contributed by atoms with Gasteiger partial charge in [-0.1, -0.05) is 147 Å². The van der Waals surface area contributed by atoms with Gasteiger partial charge in [0.25, 0.3) is 0 Å². The largest absolute Gasteiger partial charge is 0.428 e. The van der Waals surface area contributed by atoms with E-state index in [4.69, 9.17) is 4.18 Å². The molecule has 0 atom stereocenters. The number of para-hydroxylation sites is 1. The Morgan fingerprint density at radius 3 is 1.75 bits per heavy atom. The Morgan fingerprint density at radius 1 is 0.542 bits per heavy atom. The van der Waals surface area contributed by atoms with E-state index in [1.165, 1.54) is 38.2 Å². The molecule has 0 amide bonds. The van der Waals surface area contributed by atoms with E-state index in [1.54, 1.807) is 0 Å². The first kappa shape index (κ1) is 31.1. The molecule has 0 fully saturated rings. The summed E-state index contributed by atoms with van der Waals surface area (Å²) in [6.45, 7) is 6.04. The fourth-order valence-electron chi connectivity index (χ4n) is 6.94. The molecule has 1 aromatic heterocycles. The fourth-order valence-corrected chi connectivity index (χ4v) is 7.13. The molecule has 0 saturated heterocycles. The Balaban J connectivity index is 0.00000179. The van der Waals surface area contributed by atoms with Gasteiger partial charge in [0, 0.05) is 29.5 Å². The molecule has 2 nitrogen and oxygen atoms in total. The highest BCUT2D eigenvalue weighted by Gasteiger charge is 2.20. The number of benzene rings is 7. The lowest BCUT2D eigenvalue weighted by molar-refractivity contribution is 0.670. The van der Waals surface area contributed by atoms with Crippen LogP contribution in [0.15, 0.2) is 158 Å². The van der Waals surface area contributed by atoms with Crippen molar-refractivity contribution in [3.63, 3.8) is 0 Å². The minimum Gasteiger partial charge on any atom is -0.428 e. The molecule has 0 spiro atoms. The topological polar surface area (TPSA) is 14.2 Å². The van der Waals surface area contributed by atoms with Gasteiger partial charge in [-0.15, -0.1) is 0 Å². The number of aromatic nitrogens is 1. The standard InChI is InChI=1S/C43H31NOS.C2H6/c1-2-3-5-16-33-34-17-8-10-19-36(34)41(37-20-11-9-18-35(33)37)30-23-25-31(26-24-30)44-39-22-13-12-21-38(39)42-40(44)28-27-32(43(42)45-46)29-14-6-4-7-15-29;1-2/h2-28,46H,1H3;1-2H3/b3-2-,16-5-;. The minimum atomic E-state index is 0.764. The molecule has 0 aliphatic rings. The number of hydrogen-bond acceptors (Lipinski definition) is 2. The van der Waals surface area contributed by atoms with E-state index in [-0.39, 0.29) is 0 Å². The quantitative estimate of drug-likeness (QED) is 0.0827. The number of thiol groups is 1. The summed E-state index contributed by atoms with van der Waals surface area (Å²) in [7, 11) is 0. The predicted molar refractivity (Wildman–Crippen MR) is 211 cm³/mol. The van der Waals surface area contributed by atoms with Crippen LogP contribution in [0.1, 0.15) is 26.3 Å². The lowest BCUT2D eigenvalue weighted by Gasteiger charge is -2.16. The molecular weight excluding hydrogens is 603 g/mol. The van der Waals surface area contributed by atoms with Crippen LogP contribution in [-0.2, 0) is 0 Å². The molecule has 0 bridgehead atoms. The van der Waals surface area contributed by atoms with Gasteiger partial charge in [-0.2, -0.15) is 0 Å². The summed E-state index contributed by atoms with van der Waals surface area (Å²) in [6.07, 6.45) is 8.49. The molecule has 0 N–H and O–H groups in total. The van der Waals surface area contributed by atoms with Crippen LogP contribution in [0.3, 0.4) is 0 Å². The summed E-state index contributed by atoms with van der Waals surface area (Å²) >= 11 is 4.35. The minimum absolute atomic E-state index is 0.764. The zero-order chi connectivity index (χ0) is 33.0. The molecule has 0 unspecified atom stereocenters. The van der Waals surface area contributed by atoms with E-state index in [0.717, 1.165) is 44.4 Å². The number of hydrogen-bond donors (Lipinski definition) is 1. The van der Waals surface area contributed by atoms with Crippen LogP contribution < -0.4 is 4.18 Å². The second kappa shape index (κ2) is 13.7. The van der Waals surface area contributed by atoms with Gasteiger partial charge in [0.05, 0.1) is 16.4 Å². The normalized spacial score (nSPS) is 11.6. The molecule has 0 aliphatic heterocycles. The first-order valence-corrected chi connectivity index (χ1v) is 16.9. The molecule has 0 aliphatic carbocycles. The van der Waals surface area contributed by atoms with Crippen molar-refractivity contribution in [2.45, 2.75) is 20.8 Å². The van der Waals surface area contributed by atoms with Crippen molar-refractivity contribution < 1.29 is 4.18 Å². The molecule has 0 saturated carbocycles. The molecule has 8 aromatic rings. The summed E-state index contributed by atoms with van der Waals surface area (Å²) in [6, 6.07) is 49.7. The SMILES string of the molecule is C/C=C\C=C/c1c2ccccc2c(-c2ccc(-n3c4ccccc4c4c(OS)c(-c5ccccc5)ccc43)cc2)c2ccccc12.CC. The molecule has 0 radical (unpaired) electrons. The third-order valence-corrected chi connectivity index (χ3v) is 9.10. The third-order valence-electron chi connectivity index (χ3n) is 8.92. The Morgan fingerprint density at radius 2 is 1.12 bits per heavy atom. The molecule has 7 aromatic carbocycles. The molecule has 8 rings (SSSR count). The highest BCUT2D eigenvalue weighted by atomic mass is 32.1. The van der Waals surface area contributed by atoms with Crippen molar-refractivity contribution in [3.05, 3.63) is 163 Å². The van der Waals surface area contributed by atoms with E-state index in [9.17, 15) is 0 Å². The molecular formula is C45H37NOS. The molecule has 1 heterocycles. The van der Waals surface area contributed by atoms with Gasteiger partial charge in [-0.25, -0.2) is 0 Å². The van der Waals surface area contributed by atoms with Crippen LogP contribution in [0.2, 0.25) is 0 Å². The van der Waals surface area contributed by atoms with Crippen molar-refractivity contribution in [1.82, 2.24) is 4.57 Å². The predicted octanol–water partition coefficient (Wildman–Crippen LogP) is 13.3. The first-order valence-electron chi connectivity index (χ1n) is 16.5. The maximum Gasteiger partial charge on any atom is 0.154 e. The average molecular weight is 640 g/mol. The van der Waals surface area contributed by atoms with Crippen LogP contribution in [0.4, 0.5) is 0 Å². The van der Waals surface area contributed by atoms with E-state index in [1.807, 2.05) is 39.0 Å². The van der Waals surface area contributed by atoms with E-state index in [0.29, 0.717) is 0 Å². The number of rotatable bonds is 6. The third kappa shape index (κ3) is 5.27. The lowest BCUT2D eigenvalue weighted by Crippen LogP contribution is -1.95. The van der Waals surface area contributed by atoms with Crippen LogP contribution in [0.25, 0.3) is 77.4 Å². The second-order valence-corrected chi connectivity index (χ2v) is 11.6. The van der Waals surface area contributed by atoms with Crippen molar-refractivity contribution in [2.75, 3.05) is 0 Å². The van der Waals surface area contributed by atoms with Crippen LogP contribution in [0.5, 0.6) is 5.75 Å². The number of fused-ring (bicyclic) bond motifs is 5. The zero-order valence-corrected chi connectivity index (χ0v) is 28.3. The fraction of sp³-hybridized carbons (Fsp3) is 0.0667. The monoisotopic (exact) mass is 639 g/mol. The van der Waals surface area contributed by atoms with Crippen molar-refractivity contribution in [2.24, 2.45) is 0 Å². The van der Waals surface area contributed by atoms with Crippen molar-refractivity contribution in [3.8, 4) is 33.7 Å². The van der Waals surface area contributed by atoms with Crippen molar-refractivity contribution >= 4 is 62.3 Å². The second-order valence-electron chi connectivity index (χ2n) is 11.5. The van der Waals surface area contributed by atoms with Gasteiger partial charge in [-0.05, 0) is 81.1 Å². The average Bonchev–Trinajstić information content (AvgIpc) is 3.50. The molecule has 3 heteroatoms. The molecule has 234 valence electrons. The highest BCUT2D eigenvalue weighted by molar-refractivity contribution is 7.75. The summed E-state index contributed by atoms with van der Waals surface area (Å²) in [4.78, 5) is 0. The van der Waals surface area contributed by atoms with Gasteiger partial charge in [0.15, 0.2) is 5.75 Å². The van der Waals surface area contributed by atoms with Crippen LogP contribution in [-0.4, -0.2) is 4.57 Å². The Hall–Kier alpha value is -5.51.